The van der Waals surface area contributed by atoms with E-state index in [9.17, 15) is 14.4 Å². The van der Waals surface area contributed by atoms with Gasteiger partial charge in [0, 0.05) is 6.54 Å². The van der Waals surface area contributed by atoms with Gasteiger partial charge in [-0.05, 0) is 18.7 Å². The standard InChI is InChI=1S/C17H19N3O4S/c1-3-24-16(23)13-10-19-17(25-2)20(15(13)22)11-14(21)18-9-12-7-5-4-6-8-12/h4-8,10H,3,9,11H2,1-2H3,(H,18,21). The Morgan fingerprint density at radius 3 is 2.64 bits per heavy atom. The van der Waals surface area contributed by atoms with Crippen LogP contribution in [0.25, 0.3) is 0 Å². The average molecular weight is 361 g/mol. The van der Waals surface area contributed by atoms with Gasteiger partial charge in [0.15, 0.2) is 5.16 Å². The minimum absolute atomic E-state index is 0.153. The Bertz CT molecular complexity index is 805. The summed E-state index contributed by atoms with van der Waals surface area (Å²) in [6.07, 6.45) is 2.93. The number of rotatable bonds is 7. The first-order valence-corrected chi connectivity index (χ1v) is 8.90. The minimum atomic E-state index is -0.744. The third-order valence-corrected chi connectivity index (χ3v) is 4.01. The molecular formula is C17H19N3O4S. The average Bonchev–Trinajstić information content (AvgIpc) is 2.62. The van der Waals surface area contributed by atoms with E-state index in [4.69, 9.17) is 4.74 Å². The summed E-state index contributed by atoms with van der Waals surface area (Å²) >= 11 is 1.22. The quantitative estimate of drug-likeness (QED) is 0.456. The molecular weight excluding hydrogens is 342 g/mol. The van der Waals surface area contributed by atoms with Gasteiger partial charge in [-0.3, -0.25) is 14.2 Å². The van der Waals surface area contributed by atoms with Gasteiger partial charge in [-0.15, -0.1) is 0 Å². The van der Waals surface area contributed by atoms with Crippen molar-refractivity contribution >= 4 is 23.6 Å². The lowest BCUT2D eigenvalue weighted by atomic mass is 10.2. The first kappa shape index (κ1) is 18.7. The third kappa shape index (κ3) is 4.93. The maximum Gasteiger partial charge on any atom is 0.345 e. The van der Waals surface area contributed by atoms with Gasteiger partial charge in [-0.2, -0.15) is 0 Å². The molecule has 0 radical (unpaired) electrons. The van der Waals surface area contributed by atoms with Crippen molar-refractivity contribution in [2.75, 3.05) is 12.9 Å². The Balaban J connectivity index is 2.16. The van der Waals surface area contributed by atoms with Crippen molar-refractivity contribution in [2.45, 2.75) is 25.2 Å². The lowest BCUT2D eigenvalue weighted by Crippen LogP contribution is -2.35. The molecule has 2 aromatic rings. The molecule has 132 valence electrons. The number of hydrogen-bond donors (Lipinski definition) is 1. The van der Waals surface area contributed by atoms with Crippen molar-refractivity contribution in [1.82, 2.24) is 14.9 Å². The molecule has 1 heterocycles. The molecule has 8 heteroatoms. The number of nitrogens with one attached hydrogen (secondary N) is 1. The predicted octanol–water partition coefficient (Wildman–Crippen LogP) is 1.46. The number of thioether (sulfide) groups is 1. The van der Waals surface area contributed by atoms with E-state index in [0.29, 0.717) is 11.7 Å². The van der Waals surface area contributed by atoms with Crippen molar-refractivity contribution in [3.05, 3.63) is 58.0 Å². The molecule has 2 rings (SSSR count). The van der Waals surface area contributed by atoms with Crippen LogP contribution in [0.5, 0.6) is 0 Å². The molecule has 1 aromatic carbocycles. The minimum Gasteiger partial charge on any atom is -0.462 e. The summed E-state index contributed by atoms with van der Waals surface area (Å²) in [4.78, 5) is 40.6. The van der Waals surface area contributed by atoms with Crippen LogP contribution in [-0.2, 0) is 22.6 Å². The summed E-state index contributed by atoms with van der Waals surface area (Å²) in [6.45, 7) is 1.94. The van der Waals surface area contributed by atoms with Crippen LogP contribution in [0.4, 0.5) is 0 Å². The molecule has 0 unspecified atom stereocenters. The fraction of sp³-hybridized carbons (Fsp3) is 0.294. The van der Waals surface area contributed by atoms with Crippen LogP contribution in [0.2, 0.25) is 0 Å². The van der Waals surface area contributed by atoms with Gasteiger partial charge in [0.1, 0.15) is 12.1 Å². The summed E-state index contributed by atoms with van der Waals surface area (Å²) in [5, 5.41) is 3.10. The molecule has 0 aliphatic rings. The lowest BCUT2D eigenvalue weighted by molar-refractivity contribution is -0.122. The van der Waals surface area contributed by atoms with Gasteiger partial charge < -0.3 is 10.1 Å². The second-order valence-corrected chi connectivity index (χ2v) is 5.81. The highest BCUT2D eigenvalue weighted by Gasteiger charge is 2.18. The zero-order valence-electron chi connectivity index (χ0n) is 14.0. The van der Waals surface area contributed by atoms with E-state index in [1.807, 2.05) is 30.3 Å². The Labute approximate surface area is 149 Å². The summed E-state index contributed by atoms with van der Waals surface area (Å²) in [6, 6.07) is 9.43. The highest BCUT2D eigenvalue weighted by atomic mass is 32.2. The Hall–Kier alpha value is -2.61. The maximum absolute atomic E-state index is 12.5. The number of ether oxygens (including phenoxy) is 1. The monoisotopic (exact) mass is 361 g/mol. The van der Waals surface area contributed by atoms with E-state index < -0.39 is 11.5 Å². The zero-order valence-corrected chi connectivity index (χ0v) is 14.8. The number of hydrogen-bond acceptors (Lipinski definition) is 6. The first-order valence-electron chi connectivity index (χ1n) is 7.68. The molecule has 0 bridgehead atoms. The van der Waals surface area contributed by atoms with Crippen molar-refractivity contribution in [3.8, 4) is 0 Å². The largest absolute Gasteiger partial charge is 0.462 e. The molecule has 0 saturated heterocycles. The molecule has 1 amide bonds. The summed E-state index contributed by atoms with van der Waals surface area (Å²) in [5.74, 6) is -1.09. The van der Waals surface area contributed by atoms with Crippen LogP contribution in [0, 0.1) is 0 Å². The van der Waals surface area contributed by atoms with Gasteiger partial charge >= 0.3 is 5.97 Å². The highest BCUT2D eigenvalue weighted by Crippen LogP contribution is 2.10. The highest BCUT2D eigenvalue weighted by molar-refractivity contribution is 7.98. The molecule has 0 atom stereocenters. The van der Waals surface area contributed by atoms with Gasteiger partial charge in [-0.1, -0.05) is 42.1 Å². The number of amides is 1. The normalized spacial score (nSPS) is 10.3. The first-order chi connectivity index (χ1) is 12.1. The molecule has 0 saturated carbocycles. The van der Waals surface area contributed by atoms with E-state index in [-0.39, 0.29) is 24.6 Å². The van der Waals surface area contributed by atoms with Crippen molar-refractivity contribution in [3.63, 3.8) is 0 Å². The Morgan fingerprint density at radius 1 is 1.28 bits per heavy atom. The molecule has 1 aromatic heterocycles. The summed E-state index contributed by atoms with van der Waals surface area (Å²) < 4.78 is 6.03. The second kappa shape index (κ2) is 9.03. The number of nitrogens with zero attached hydrogens (tertiary/aromatic N) is 2. The van der Waals surface area contributed by atoms with Crippen LogP contribution < -0.4 is 10.9 Å². The summed E-state index contributed by atoms with van der Waals surface area (Å²) in [5.41, 5.74) is 0.176. The van der Waals surface area contributed by atoms with E-state index in [1.54, 1.807) is 13.2 Å². The zero-order chi connectivity index (χ0) is 18.2. The number of carbonyl (C=O) groups is 2. The molecule has 0 spiro atoms. The number of benzene rings is 1. The molecule has 25 heavy (non-hydrogen) atoms. The Morgan fingerprint density at radius 2 is 2.00 bits per heavy atom. The number of esters is 1. The smallest absolute Gasteiger partial charge is 0.345 e. The maximum atomic E-state index is 12.5. The third-order valence-electron chi connectivity index (χ3n) is 3.32. The van der Waals surface area contributed by atoms with Crippen molar-refractivity contribution in [2.24, 2.45) is 0 Å². The van der Waals surface area contributed by atoms with Crippen LogP contribution in [0.1, 0.15) is 22.8 Å². The second-order valence-electron chi connectivity index (χ2n) is 5.03. The van der Waals surface area contributed by atoms with Crippen LogP contribution in [-0.4, -0.2) is 34.3 Å². The molecule has 0 fully saturated rings. The summed E-state index contributed by atoms with van der Waals surface area (Å²) in [7, 11) is 0. The van der Waals surface area contributed by atoms with Crippen LogP contribution in [0.3, 0.4) is 0 Å². The number of carbonyl (C=O) groups excluding carboxylic acids is 2. The van der Waals surface area contributed by atoms with Gasteiger partial charge in [0.2, 0.25) is 5.91 Å². The predicted molar refractivity (Wildman–Crippen MR) is 94.5 cm³/mol. The topological polar surface area (TPSA) is 90.3 Å². The van der Waals surface area contributed by atoms with E-state index in [0.717, 1.165) is 5.56 Å². The van der Waals surface area contributed by atoms with E-state index >= 15 is 0 Å². The lowest BCUT2D eigenvalue weighted by Gasteiger charge is -2.12. The van der Waals surface area contributed by atoms with Gasteiger partial charge in [0.05, 0.1) is 12.8 Å². The van der Waals surface area contributed by atoms with Crippen molar-refractivity contribution in [1.29, 1.82) is 0 Å². The fourth-order valence-electron chi connectivity index (χ4n) is 2.12. The van der Waals surface area contributed by atoms with E-state index in [2.05, 4.69) is 10.3 Å². The molecule has 0 aliphatic heterocycles. The SMILES string of the molecule is CCOC(=O)c1cnc(SC)n(CC(=O)NCc2ccccc2)c1=O. The van der Waals surface area contributed by atoms with Crippen molar-refractivity contribution < 1.29 is 14.3 Å². The fourth-order valence-corrected chi connectivity index (χ4v) is 2.65. The molecule has 7 nitrogen and oxygen atoms in total. The molecule has 1 N–H and O–H groups in total. The van der Waals surface area contributed by atoms with Gasteiger partial charge in [0.25, 0.3) is 5.56 Å². The van der Waals surface area contributed by atoms with Crippen LogP contribution >= 0.6 is 11.8 Å². The van der Waals surface area contributed by atoms with Gasteiger partial charge in [-0.25, -0.2) is 9.78 Å². The number of aromatic nitrogens is 2. The molecule has 0 aliphatic carbocycles. The van der Waals surface area contributed by atoms with E-state index in [1.165, 1.54) is 22.5 Å². The van der Waals surface area contributed by atoms with Crippen LogP contribution in [0.15, 0.2) is 46.5 Å². The Kier molecular flexibility index (Phi) is 6.76.